The highest BCUT2D eigenvalue weighted by molar-refractivity contribution is 5.84. The number of aryl methyl sites for hydroxylation is 1. The first kappa shape index (κ1) is 53.1. The zero-order valence-electron chi connectivity index (χ0n) is 44.0. The number of carbonyl (C=O) groups excluding carboxylic acids is 1. The normalized spacial score (nSPS) is 26.6. The minimum Gasteiger partial charge on any atom is -0.504 e. The van der Waals surface area contributed by atoms with Crippen molar-refractivity contribution < 1.29 is 44.2 Å². The molecule has 18 heteroatoms. The quantitative estimate of drug-likeness (QED) is 0.0209. The van der Waals surface area contributed by atoms with Gasteiger partial charge in [0.2, 0.25) is 5.75 Å². The van der Waals surface area contributed by atoms with Crippen LogP contribution in [0, 0.1) is 29.6 Å². The van der Waals surface area contributed by atoms with Crippen LogP contribution in [0.25, 0.3) is 10.9 Å². The highest BCUT2D eigenvalue weighted by Crippen LogP contribution is 2.49. The molecule has 2 saturated heterocycles. The van der Waals surface area contributed by atoms with Crippen molar-refractivity contribution in [2.45, 2.75) is 120 Å². The molecule has 408 valence electrons. The number of nitrogens with two attached hydrogens (primary N) is 1. The lowest BCUT2D eigenvalue weighted by Gasteiger charge is -2.56. The van der Waals surface area contributed by atoms with Gasteiger partial charge in [0.25, 0.3) is 0 Å². The molecule has 3 fully saturated rings. The Labute approximate surface area is 449 Å². The molecule has 5 aromatic rings. The van der Waals surface area contributed by atoms with Gasteiger partial charge in [-0.25, -0.2) is 0 Å². The van der Waals surface area contributed by atoms with Gasteiger partial charge in [0.15, 0.2) is 29.0 Å². The fourth-order valence-electron chi connectivity index (χ4n) is 12.4. The highest BCUT2D eigenvalue weighted by atomic mass is 16.6. The highest BCUT2D eigenvalue weighted by Gasteiger charge is 2.57. The minimum atomic E-state index is -0.711. The van der Waals surface area contributed by atoms with Crippen molar-refractivity contribution in [2.24, 2.45) is 28.5 Å². The van der Waals surface area contributed by atoms with Crippen LogP contribution in [0.15, 0.2) is 102 Å². The summed E-state index contributed by atoms with van der Waals surface area (Å²) in [6.45, 7) is 3.55. The van der Waals surface area contributed by atoms with Crippen molar-refractivity contribution in [3.63, 3.8) is 0 Å². The van der Waals surface area contributed by atoms with Crippen LogP contribution in [0.1, 0.15) is 99.4 Å². The molecule has 11 N–H and O–H groups in total. The van der Waals surface area contributed by atoms with Gasteiger partial charge in [0, 0.05) is 107 Å². The molecule has 0 radical (unpaired) electrons. The number of dihydropyridines is 1. The second-order valence-corrected chi connectivity index (χ2v) is 21.2. The molecule has 9 atom stereocenters. The maximum atomic E-state index is 12.7. The number of carbonyl (C=O) groups is 1. The lowest BCUT2D eigenvalue weighted by molar-refractivity contribution is -0.164. The number of H-pyrrole nitrogens is 1. The molecule has 7 heterocycles. The number of nitrogens with one attached hydrogen (secondary N) is 5. The summed E-state index contributed by atoms with van der Waals surface area (Å²) in [5.41, 5.74) is 11.2. The summed E-state index contributed by atoms with van der Waals surface area (Å²) in [6, 6.07) is 14.6. The monoisotopic (exact) mass is 1050 g/mol. The predicted octanol–water partition coefficient (Wildman–Crippen LogP) is 6.42. The molecular weight excluding hydrogens is 979 g/mol. The van der Waals surface area contributed by atoms with E-state index in [1.54, 1.807) is 24.5 Å². The van der Waals surface area contributed by atoms with Crippen molar-refractivity contribution in [3.05, 3.63) is 119 Å². The maximum absolute atomic E-state index is 12.7. The van der Waals surface area contributed by atoms with Gasteiger partial charge in [-0.2, -0.15) is 0 Å². The van der Waals surface area contributed by atoms with Crippen molar-refractivity contribution in [1.82, 2.24) is 35.8 Å². The maximum Gasteiger partial charge on any atom is 0.302 e. The molecule has 2 aromatic carbocycles. The number of aliphatic imine (C=N–C) groups is 1. The Balaban J connectivity index is 1.01. The molecule has 1 saturated carbocycles. The third kappa shape index (κ3) is 12.0. The van der Waals surface area contributed by atoms with Gasteiger partial charge in [0.1, 0.15) is 18.4 Å². The lowest BCUT2D eigenvalue weighted by Crippen LogP contribution is -2.73. The largest absolute Gasteiger partial charge is 0.504 e. The topological polar surface area (TPSA) is 255 Å². The van der Waals surface area contributed by atoms with Crippen LogP contribution in [0.2, 0.25) is 0 Å². The summed E-state index contributed by atoms with van der Waals surface area (Å²) in [5, 5.41) is 59.4. The number of aromatic hydroxyl groups is 3. The molecule has 18 nitrogen and oxygen atoms in total. The van der Waals surface area contributed by atoms with Crippen LogP contribution < -0.4 is 36.5 Å². The number of aromatic amines is 1. The number of fused-ring (bicyclic) bond motifs is 5. The van der Waals surface area contributed by atoms with Crippen LogP contribution in [0.5, 0.6) is 28.7 Å². The summed E-state index contributed by atoms with van der Waals surface area (Å²) < 4.78 is 28.5. The molecule has 1 aliphatic carbocycles. The van der Waals surface area contributed by atoms with Crippen LogP contribution in [-0.4, -0.2) is 111 Å². The molecule has 0 amide bonds. The average Bonchev–Trinajstić information content (AvgIpc) is 4.24. The molecule has 77 heavy (non-hydrogen) atoms. The fraction of sp³-hybridized carbons (Fsp3) is 0.475. The number of nitrogens with zero attached hydrogens (tertiary/aromatic N) is 3. The zero-order chi connectivity index (χ0) is 53.5. The Bertz CT molecular complexity index is 3030. The van der Waals surface area contributed by atoms with E-state index in [0.29, 0.717) is 94.1 Å². The Morgan fingerprint density at radius 2 is 1.97 bits per heavy atom. The number of phenolic OH excluding ortho intramolecular Hbond substituents is 3. The molecule has 10 rings (SSSR count). The van der Waals surface area contributed by atoms with Gasteiger partial charge in [-0.05, 0) is 123 Å². The summed E-state index contributed by atoms with van der Waals surface area (Å²) in [5.74, 6) is 7.51. The number of aliphatic hydroxyl groups excluding tert-OH is 1. The zero-order valence-corrected chi connectivity index (χ0v) is 44.0. The third-order valence-electron chi connectivity index (χ3n) is 16.0. The number of pyridine rings is 1. The van der Waals surface area contributed by atoms with E-state index in [9.17, 15) is 25.2 Å². The molecule has 5 aliphatic rings. The SMILES string of the molecule is CNC[C@H]1[C@H](n2cc3[nH]ccc3c2CCCO)NC(=NCCCC2=CCNC(N)=C2)N[C@@]12CCC[C@@H]1Oc3cc(ccc3O)C[C@H]([C@H]3C[C@@H](OC(C)=O)C[C@@H](c4cc(O)c(O)c(OCCc5cccnc5)c4)O3)CC#C[C@H]12. The van der Waals surface area contributed by atoms with E-state index in [4.69, 9.17) is 29.7 Å². The average molecular weight is 1050 g/mol. The summed E-state index contributed by atoms with van der Waals surface area (Å²) in [7, 11) is 1.98. The summed E-state index contributed by atoms with van der Waals surface area (Å²) in [6.07, 6.45) is 16.7. The number of esters is 1. The van der Waals surface area contributed by atoms with Crippen LogP contribution in [-0.2, 0) is 33.5 Å². The number of benzene rings is 2. The Morgan fingerprint density at radius 1 is 1.08 bits per heavy atom. The van der Waals surface area contributed by atoms with Crippen molar-refractivity contribution in [2.75, 3.05) is 39.9 Å². The van der Waals surface area contributed by atoms with Crippen LogP contribution >= 0.6 is 0 Å². The van der Waals surface area contributed by atoms with Crippen molar-refractivity contribution >= 4 is 22.8 Å². The number of hydrogen-bond donors (Lipinski definition) is 10. The molecule has 1 spiro atoms. The van der Waals surface area contributed by atoms with Gasteiger partial charge in [-0.15, -0.1) is 5.92 Å². The van der Waals surface area contributed by atoms with E-state index in [1.807, 2.05) is 43.6 Å². The predicted molar refractivity (Wildman–Crippen MR) is 292 cm³/mol. The number of rotatable bonds is 17. The van der Waals surface area contributed by atoms with Gasteiger partial charge in [-0.3, -0.25) is 14.8 Å². The van der Waals surface area contributed by atoms with Crippen molar-refractivity contribution in [3.8, 4) is 40.6 Å². The van der Waals surface area contributed by atoms with Gasteiger partial charge >= 0.3 is 5.97 Å². The summed E-state index contributed by atoms with van der Waals surface area (Å²) >= 11 is 0. The van der Waals surface area contributed by atoms with Gasteiger partial charge in [0.05, 0.1) is 41.6 Å². The molecule has 2 bridgehead atoms. The number of allylic oxidation sites excluding steroid dienone is 2. The summed E-state index contributed by atoms with van der Waals surface area (Å²) in [4.78, 5) is 25.6. The first-order valence-electron chi connectivity index (χ1n) is 27.3. The van der Waals surface area contributed by atoms with E-state index < -0.39 is 41.8 Å². The minimum absolute atomic E-state index is 0.0342. The molecule has 3 aromatic heterocycles. The van der Waals surface area contributed by atoms with Gasteiger partial charge in [-0.1, -0.05) is 24.1 Å². The number of ether oxygens (including phenoxy) is 4. The second kappa shape index (κ2) is 23.9. The first-order chi connectivity index (χ1) is 37.5. The Morgan fingerprint density at radius 3 is 2.79 bits per heavy atom. The molecule has 0 unspecified atom stereocenters. The van der Waals surface area contributed by atoms with Crippen LogP contribution in [0.4, 0.5) is 0 Å². The molecular formula is C59H73N9O9. The smallest absolute Gasteiger partial charge is 0.302 e. The Kier molecular flexibility index (Phi) is 16.5. The van der Waals surface area contributed by atoms with E-state index in [-0.39, 0.29) is 54.2 Å². The number of phenols is 3. The lowest BCUT2D eigenvalue weighted by atomic mass is 9.62. The molecule has 4 aliphatic heterocycles. The number of aromatic nitrogens is 3. The van der Waals surface area contributed by atoms with Gasteiger partial charge < -0.3 is 75.9 Å². The number of guanidine groups is 1. The van der Waals surface area contributed by atoms with E-state index in [2.05, 4.69) is 66.0 Å². The van der Waals surface area contributed by atoms with Crippen LogP contribution in [0.3, 0.4) is 0 Å². The van der Waals surface area contributed by atoms with E-state index in [1.165, 1.54) is 18.6 Å². The van der Waals surface area contributed by atoms with Crippen molar-refractivity contribution in [1.29, 1.82) is 0 Å². The number of hydrogen-bond acceptors (Lipinski definition) is 14. The Hall–Kier alpha value is -7.33. The van der Waals surface area contributed by atoms with E-state index >= 15 is 0 Å². The third-order valence-corrected chi connectivity index (χ3v) is 16.0. The fourth-order valence-corrected chi connectivity index (χ4v) is 12.4. The standard InChI is InChI=1S/C59H73N9O9/c1-36(70)75-42-31-51(77-52(32-42)41-29-49(72)56(73)54(30-41)74-25-18-38-9-5-20-62-33-38)40-10-3-11-44-50(76-53-27-39(26-40)14-15-48(53)71)13-4-19-59(44)45(34-61-2)57(68-35-46-43(17-23-63-46)47(68)12-7-24-69)66-58(67-59)65-21-6-8-37-16-22-64-55(60)28-37/h5,9,14-17,20,23,27-30,33,35,40,42,44-45,50-52,57,61,63-64,69,71-73H,4,6-8,10,12-13,18-19,21-22,24-26,31-32,34,60H2,1-2H3,(H2,65,66,67)/t40-,42-,44-,45+,50+,51-,52+,57+,59-/m1/s1. The first-order valence-corrected chi connectivity index (χ1v) is 27.3. The second-order valence-electron chi connectivity index (χ2n) is 21.2. The number of aliphatic hydroxyl groups is 1. The van der Waals surface area contributed by atoms with E-state index in [0.717, 1.165) is 53.4 Å².